The van der Waals surface area contributed by atoms with Crippen LogP contribution in [0.2, 0.25) is 0 Å². The summed E-state index contributed by atoms with van der Waals surface area (Å²) < 4.78 is 26.9. The Morgan fingerprint density at radius 2 is 1.72 bits per heavy atom. The van der Waals surface area contributed by atoms with Gasteiger partial charge in [-0.05, 0) is 31.1 Å². The number of hydrogen-bond donors (Lipinski definition) is 1. The first-order valence-electron chi connectivity index (χ1n) is 5.67. The zero-order valence-corrected chi connectivity index (χ0v) is 11.9. The second-order valence-corrected chi connectivity index (χ2v) is 5.24. The summed E-state index contributed by atoms with van der Waals surface area (Å²) in [5, 5.41) is 0. The van der Waals surface area contributed by atoms with Crippen LogP contribution in [0.25, 0.3) is 0 Å². The van der Waals surface area contributed by atoms with E-state index in [0.29, 0.717) is 13.1 Å². The smallest absolute Gasteiger partial charge is 0.130 e. The summed E-state index contributed by atoms with van der Waals surface area (Å²) in [4.78, 5) is 1.88. The van der Waals surface area contributed by atoms with Gasteiger partial charge in [0.25, 0.3) is 0 Å². The fourth-order valence-electron chi connectivity index (χ4n) is 1.80. The van der Waals surface area contributed by atoms with E-state index in [9.17, 15) is 8.78 Å². The molecule has 0 aliphatic rings. The lowest BCUT2D eigenvalue weighted by atomic mass is 9.93. The molecule has 0 unspecified atom stereocenters. The van der Waals surface area contributed by atoms with Crippen LogP contribution in [0.4, 0.5) is 8.78 Å². The fourth-order valence-corrected chi connectivity index (χ4v) is 1.80. The van der Waals surface area contributed by atoms with Gasteiger partial charge in [-0.15, -0.1) is 12.4 Å². The third kappa shape index (κ3) is 4.88. The predicted octanol–water partition coefficient (Wildman–Crippen LogP) is 2.80. The lowest BCUT2D eigenvalue weighted by Gasteiger charge is -2.29. The minimum absolute atomic E-state index is 0. The van der Waals surface area contributed by atoms with Crippen molar-refractivity contribution in [2.24, 2.45) is 11.1 Å². The summed E-state index contributed by atoms with van der Waals surface area (Å²) in [6.45, 7) is 5.54. The van der Waals surface area contributed by atoms with Gasteiger partial charge >= 0.3 is 0 Å². The minimum Gasteiger partial charge on any atom is -0.330 e. The topological polar surface area (TPSA) is 29.3 Å². The molecule has 0 fully saturated rings. The second kappa shape index (κ2) is 7.02. The Labute approximate surface area is 114 Å². The Morgan fingerprint density at radius 3 is 2.17 bits per heavy atom. The highest BCUT2D eigenvalue weighted by Gasteiger charge is 2.19. The van der Waals surface area contributed by atoms with Crippen LogP contribution in [0.1, 0.15) is 19.4 Å². The zero-order valence-electron chi connectivity index (χ0n) is 11.0. The van der Waals surface area contributed by atoms with Crippen molar-refractivity contribution in [2.75, 3.05) is 20.1 Å². The Balaban J connectivity index is 0.00000289. The van der Waals surface area contributed by atoms with Crippen LogP contribution in [0.15, 0.2) is 18.2 Å². The van der Waals surface area contributed by atoms with E-state index in [-0.39, 0.29) is 29.9 Å². The van der Waals surface area contributed by atoms with Crippen LogP contribution in [-0.4, -0.2) is 25.0 Å². The Bertz CT molecular complexity index is 363. The molecule has 5 heteroatoms. The molecule has 0 amide bonds. The van der Waals surface area contributed by atoms with E-state index in [1.54, 1.807) is 0 Å². The third-order valence-corrected chi connectivity index (χ3v) is 2.74. The minimum atomic E-state index is -0.498. The molecule has 0 saturated carbocycles. The molecule has 2 nitrogen and oxygen atoms in total. The van der Waals surface area contributed by atoms with E-state index in [1.807, 2.05) is 25.8 Å². The van der Waals surface area contributed by atoms with Crippen LogP contribution in [0, 0.1) is 17.0 Å². The van der Waals surface area contributed by atoms with E-state index in [4.69, 9.17) is 5.73 Å². The molecule has 0 aromatic heterocycles. The summed E-state index contributed by atoms with van der Waals surface area (Å²) in [5.41, 5.74) is 5.69. The molecule has 0 heterocycles. The number of hydrogen-bond acceptors (Lipinski definition) is 2. The molecule has 0 atom stereocenters. The average Bonchev–Trinajstić information content (AvgIpc) is 2.23. The number of benzene rings is 1. The molecule has 1 aromatic rings. The molecular weight excluding hydrogens is 258 g/mol. The number of halogens is 3. The number of nitrogens with zero attached hydrogens (tertiary/aromatic N) is 1. The van der Waals surface area contributed by atoms with Crippen molar-refractivity contribution in [3.05, 3.63) is 35.4 Å². The molecule has 0 saturated heterocycles. The summed E-state index contributed by atoms with van der Waals surface area (Å²) in [5.74, 6) is -0.996. The van der Waals surface area contributed by atoms with Crippen molar-refractivity contribution in [1.82, 2.24) is 4.90 Å². The van der Waals surface area contributed by atoms with E-state index < -0.39 is 11.6 Å². The van der Waals surface area contributed by atoms with Crippen molar-refractivity contribution in [3.63, 3.8) is 0 Å². The molecular formula is C13H21ClF2N2. The highest BCUT2D eigenvalue weighted by Crippen LogP contribution is 2.18. The molecule has 1 rings (SSSR count). The van der Waals surface area contributed by atoms with Crippen LogP contribution in [0.3, 0.4) is 0 Å². The maximum Gasteiger partial charge on any atom is 0.130 e. The van der Waals surface area contributed by atoms with Gasteiger partial charge < -0.3 is 10.6 Å². The van der Waals surface area contributed by atoms with E-state index in [2.05, 4.69) is 0 Å². The van der Waals surface area contributed by atoms with Crippen molar-refractivity contribution in [2.45, 2.75) is 20.4 Å². The molecule has 1 aromatic carbocycles. The quantitative estimate of drug-likeness (QED) is 0.897. The normalized spacial score (nSPS) is 11.5. The second-order valence-electron chi connectivity index (χ2n) is 5.24. The Morgan fingerprint density at radius 1 is 1.22 bits per heavy atom. The predicted molar refractivity (Wildman–Crippen MR) is 72.8 cm³/mol. The Kier molecular flexibility index (Phi) is 6.74. The lowest BCUT2D eigenvalue weighted by molar-refractivity contribution is 0.206. The summed E-state index contributed by atoms with van der Waals surface area (Å²) in [6, 6.07) is 3.93. The zero-order chi connectivity index (χ0) is 13.1. The monoisotopic (exact) mass is 278 g/mol. The third-order valence-electron chi connectivity index (χ3n) is 2.74. The van der Waals surface area contributed by atoms with Gasteiger partial charge in [-0.1, -0.05) is 19.9 Å². The number of rotatable bonds is 5. The molecule has 2 N–H and O–H groups in total. The first-order chi connectivity index (χ1) is 7.85. The molecule has 0 spiro atoms. The van der Waals surface area contributed by atoms with E-state index >= 15 is 0 Å². The summed E-state index contributed by atoms with van der Waals surface area (Å²) in [6.07, 6.45) is 0. The standard InChI is InChI=1S/C13H20F2N2.ClH/c1-13(2,8-16)9-17(3)7-10-11(14)5-4-6-12(10)15;/h4-6H,7-9,16H2,1-3H3;1H. The van der Waals surface area contributed by atoms with Crippen LogP contribution < -0.4 is 5.73 Å². The van der Waals surface area contributed by atoms with Gasteiger partial charge in [-0.3, -0.25) is 0 Å². The van der Waals surface area contributed by atoms with Crippen molar-refractivity contribution >= 4 is 12.4 Å². The van der Waals surface area contributed by atoms with Gasteiger partial charge in [-0.2, -0.15) is 0 Å². The molecule has 0 bridgehead atoms. The lowest BCUT2D eigenvalue weighted by Crippen LogP contribution is -2.36. The molecule has 0 aliphatic carbocycles. The highest BCUT2D eigenvalue weighted by molar-refractivity contribution is 5.85. The van der Waals surface area contributed by atoms with E-state index in [0.717, 1.165) is 0 Å². The highest BCUT2D eigenvalue weighted by atomic mass is 35.5. The van der Waals surface area contributed by atoms with Gasteiger partial charge in [-0.25, -0.2) is 8.78 Å². The Hall–Kier alpha value is -0.710. The van der Waals surface area contributed by atoms with Crippen LogP contribution in [0.5, 0.6) is 0 Å². The maximum absolute atomic E-state index is 13.4. The van der Waals surface area contributed by atoms with Crippen molar-refractivity contribution < 1.29 is 8.78 Å². The molecule has 18 heavy (non-hydrogen) atoms. The summed E-state index contributed by atoms with van der Waals surface area (Å²) >= 11 is 0. The van der Waals surface area contributed by atoms with Gasteiger partial charge in [0.2, 0.25) is 0 Å². The number of nitrogens with two attached hydrogens (primary N) is 1. The van der Waals surface area contributed by atoms with Gasteiger partial charge in [0.15, 0.2) is 0 Å². The largest absolute Gasteiger partial charge is 0.330 e. The van der Waals surface area contributed by atoms with Crippen LogP contribution in [-0.2, 0) is 6.54 Å². The van der Waals surface area contributed by atoms with Crippen LogP contribution >= 0.6 is 12.4 Å². The molecule has 0 radical (unpaired) electrons. The van der Waals surface area contributed by atoms with Gasteiger partial charge in [0, 0.05) is 18.7 Å². The fraction of sp³-hybridized carbons (Fsp3) is 0.538. The first kappa shape index (κ1) is 17.3. The molecule has 0 aliphatic heterocycles. The van der Waals surface area contributed by atoms with Crippen molar-refractivity contribution in [1.29, 1.82) is 0 Å². The summed E-state index contributed by atoms with van der Waals surface area (Å²) in [7, 11) is 1.84. The van der Waals surface area contributed by atoms with E-state index in [1.165, 1.54) is 18.2 Å². The average molecular weight is 279 g/mol. The SMILES string of the molecule is CN(Cc1c(F)cccc1F)CC(C)(C)CN.Cl. The maximum atomic E-state index is 13.4. The first-order valence-corrected chi connectivity index (χ1v) is 5.67. The molecule has 104 valence electrons. The van der Waals surface area contributed by atoms with Gasteiger partial charge in [0.1, 0.15) is 11.6 Å². The van der Waals surface area contributed by atoms with Crippen molar-refractivity contribution in [3.8, 4) is 0 Å². The van der Waals surface area contributed by atoms with Gasteiger partial charge in [0.05, 0.1) is 0 Å².